The van der Waals surface area contributed by atoms with Gasteiger partial charge in [-0.2, -0.15) is 0 Å². The number of pyridine rings is 1. The summed E-state index contributed by atoms with van der Waals surface area (Å²) >= 11 is 1.47. The summed E-state index contributed by atoms with van der Waals surface area (Å²) in [5.74, 6) is 0. The first-order valence-electron chi connectivity index (χ1n) is 5.23. The summed E-state index contributed by atoms with van der Waals surface area (Å²) in [4.78, 5) is 8.71. The summed E-state index contributed by atoms with van der Waals surface area (Å²) < 4.78 is 0. The zero-order valence-electron chi connectivity index (χ0n) is 9.21. The largest absolute Gasteiger partial charge is 0.265 e. The van der Waals surface area contributed by atoms with Crippen molar-refractivity contribution < 1.29 is 0 Å². The Bertz CT molecular complexity index is 649. The third-order valence-corrected chi connectivity index (χ3v) is 3.43. The molecule has 0 atom stereocenters. The summed E-state index contributed by atoms with van der Waals surface area (Å²) in [7, 11) is 0. The van der Waals surface area contributed by atoms with Gasteiger partial charge in [0.1, 0.15) is 11.4 Å². The monoisotopic (exact) mass is 242 g/mol. The van der Waals surface area contributed by atoms with Crippen LogP contribution < -0.4 is 0 Å². The van der Waals surface area contributed by atoms with E-state index in [0.29, 0.717) is 5.16 Å². The number of hydrogen-bond donors (Lipinski definition) is 1. The number of para-hydroxylation sites is 1. The van der Waals surface area contributed by atoms with Gasteiger partial charge in [-0.25, -0.2) is 9.97 Å². The van der Waals surface area contributed by atoms with E-state index in [0.717, 1.165) is 21.5 Å². The molecule has 0 aliphatic heterocycles. The van der Waals surface area contributed by atoms with Crippen molar-refractivity contribution in [2.24, 2.45) is 0 Å². The molecule has 0 aliphatic carbocycles. The number of aromatic amines is 1. The predicted molar refractivity (Wildman–Crippen MR) is 67.0 cm³/mol. The molecule has 0 radical (unpaired) electrons. The summed E-state index contributed by atoms with van der Waals surface area (Å²) in [6.45, 7) is 2.05. The second kappa shape index (κ2) is 4.18. The Morgan fingerprint density at radius 3 is 2.94 bits per heavy atom. The predicted octanol–water partition coefficient (Wildman–Crippen LogP) is 2.81. The molecule has 2 aromatic heterocycles. The topological polar surface area (TPSA) is 54.5 Å². The third kappa shape index (κ3) is 2.01. The molecule has 0 amide bonds. The van der Waals surface area contributed by atoms with Crippen LogP contribution in [0.2, 0.25) is 0 Å². The Kier molecular flexibility index (Phi) is 2.53. The van der Waals surface area contributed by atoms with Gasteiger partial charge in [0.2, 0.25) is 5.16 Å². The average molecular weight is 242 g/mol. The number of hydrogen-bond acceptors (Lipinski definition) is 4. The molecule has 0 saturated heterocycles. The van der Waals surface area contributed by atoms with Gasteiger partial charge in [-0.05, 0) is 36.4 Å². The van der Waals surface area contributed by atoms with Gasteiger partial charge >= 0.3 is 0 Å². The lowest BCUT2D eigenvalue weighted by atomic mass is 10.2. The lowest BCUT2D eigenvalue weighted by Gasteiger charge is -2.04. The maximum Gasteiger partial charge on any atom is 0.214 e. The number of nitrogens with zero attached hydrogens (tertiary/aromatic N) is 3. The number of rotatable bonds is 2. The number of fused-ring (bicyclic) bond motifs is 1. The van der Waals surface area contributed by atoms with Crippen LogP contribution in [-0.2, 0) is 0 Å². The van der Waals surface area contributed by atoms with E-state index in [1.807, 2.05) is 18.2 Å². The fraction of sp³-hybridized carbons (Fsp3) is 0.0833. The Morgan fingerprint density at radius 2 is 2.12 bits per heavy atom. The van der Waals surface area contributed by atoms with Crippen LogP contribution in [0.3, 0.4) is 0 Å². The van der Waals surface area contributed by atoms with E-state index in [1.165, 1.54) is 11.8 Å². The van der Waals surface area contributed by atoms with Crippen LogP contribution in [-0.4, -0.2) is 20.2 Å². The standard InChI is InChI=1S/C12H10N4S/c1-8-6-9-4-2-3-5-10(9)15-11(8)17-12-13-7-14-16-12/h2-7H,1H3,(H,13,14,16). The number of aromatic nitrogens is 4. The van der Waals surface area contributed by atoms with E-state index < -0.39 is 0 Å². The van der Waals surface area contributed by atoms with Crippen LogP contribution in [0.4, 0.5) is 0 Å². The van der Waals surface area contributed by atoms with Crippen molar-refractivity contribution in [1.82, 2.24) is 20.2 Å². The Morgan fingerprint density at radius 1 is 1.24 bits per heavy atom. The molecule has 84 valence electrons. The molecule has 5 heteroatoms. The molecular weight excluding hydrogens is 232 g/mol. The molecule has 0 unspecified atom stereocenters. The van der Waals surface area contributed by atoms with E-state index in [4.69, 9.17) is 0 Å². The first-order chi connectivity index (χ1) is 8.33. The highest BCUT2D eigenvalue weighted by atomic mass is 32.2. The Labute approximate surface area is 102 Å². The molecule has 0 spiro atoms. The SMILES string of the molecule is Cc1cc2ccccc2nc1Sc1nc[nH]n1. The van der Waals surface area contributed by atoms with Gasteiger partial charge in [-0.1, -0.05) is 18.2 Å². The molecule has 0 fully saturated rings. The van der Waals surface area contributed by atoms with Gasteiger partial charge in [0.25, 0.3) is 0 Å². The molecule has 3 rings (SSSR count). The van der Waals surface area contributed by atoms with E-state index in [-0.39, 0.29) is 0 Å². The second-order valence-corrected chi connectivity index (χ2v) is 4.64. The van der Waals surface area contributed by atoms with Gasteiger partial charge in [-0.15, -0.1) is 5.10 Å². The quantitative estimate of drug-likeness (QED) is 0.750. The molecule has 0 aliphatic rings. The molecule has 3 aromatic rings. The maximum absolute atomic E-state index is 4.62. The summed E-state index contributed by atoms with van der Waals surface area (Å²) in [6.07, 6.45) is 1.57. The summed E-state index contributed by atoms with van der Waals surface area (Å²) in [5.41, 5.74) is 2.13. The van der Waals surface area contributed by atoms with Crippen LogP contribution in [0.5, 0.6) is 0 Å². The number of benzene rings is 1. The Balaban J connectivity index is 2.07. The van der Waals surface area contributed by atoms with Crippen molar-refractivity contribution in [3.05, 3.63) is 42.2 Å². The minimum Gasteiger partial charge on any atom is -0.265 e. The minimum absolute atomic E-state index is 0.691. The highest BCUT2D eigenvalue weighted by Crippen LogP contribution is 2.27. The minimum atomic E-state index is 0.691. The second-order valence-electron chi connectivity index (χ2n) is 3.69. The van der Waals surface area contributed by atoms with Crippen molar-refractivity contribution in [2.75, 3.05) is 0 Å². The number of nitrogens with one attached hydrogen (secondary N) is 1. The summed E-state index contributed by atoms with van der Waals surface area (Å²) in [6, 6.07) is 10.2. The van der Waals surface area contributed by atoms with Gasteiger partial charge in [-0.3, -0.25) is 5.10 Å². The van der Waals surface area contributed by atoms with E-state index in [9.17, 15) is 0 Å². The van der Waals surface area contributed by atoms with Crippen molar-refractivity contribution >= 4 is 22.7 Å². The van der Waals surface area contributed by atoms with Crippen LogP contribution in [0.25, 0.3) is 10.9 Å². The van der Waals surface area contributed by atoms with Crippen molar-refractivity contribution in [3.63, 3.8) is 0 Å². The molecule has 0 bridgehead atoms. The lowest BCUT2D eigenvalue weighted by Crippen LogP contribution is -1.88. The van der Waals surface area contributed by atoms with Crippen molar-refractivity contribution in [1.29, 1.82) is 0 Å². The first kappa shape index (κ1) is 10.3. The fourth-order valence-electron chi connectivity index (χ4n) is 1.64. The smallest absolute Gasteiger partial charge is 0.214 e. The average Bonchev–Trinajstić information content (AvgIpc) is 2.83. The van der Waals surface area contributed by atoms with Crippen molar-refractivity contribution in [3.8, 4) is 0 Å². The molecule has 0 saturated carbocycles. The lowest BCUT2D eigenvalue weighted by molar-refractivity contribution is 0.966. The molecule has 2 heterocycles. The number of H-pyrrole nitrogens is 1. The van der Waals surface area contributed by atoms with E-state index >= 15 is 0 Å². The summed E-state index contributed by atoms with van der Waals surface area (Å²) in [5, 5.41) is 9.51. The van der Waals surface area contributed by atoms with Gasteiger partial charge in [0.05, 0.1) is 5.52 Å². The highest BCUT2D eigenvalue weighted by Gasteiger charge is 2.07. The maximum atomic E-state index is 4.62. The van der Waals surface area contributed by atoms with Gasteiger partial charge in [0, 0.05) is 5.39 Å². The molecule has 4 nitrogen and oxygen atoms in total. The number of aryl methyl sites for hydroxylation is 1. The van der Waals surface area contributed by atoms with Crippen LogP contribution in [0.1, 0.15) is 5.56 Å². The molecular formula is C12H10N4S. The van der Waals surface area contributed by atoms with Crippen LogP contribution in [0.15, 0.2) is 46.8 Å². The normalized spacial score (nSPS) is 10.9. The van der Waals surface area contributed by atoms with Gasteiger partial charge in [0.15, 0.2) is 0 Å². The molecule has 1 N–H and O–H groups in total. The zero-order valence-corrected chi connectivity index (χ0v) is 10.0. The van der Waals surface area contributed by atoms with E-state index in [1.54, 1.807) is 6.33 Å². The fourth-order valence-corrected chi connectivity index (χ4v) is 2.38. The first-order valence-corrected chi connectivity index (χ1v) is 6.04. The highest BCUT2D eigenvalue weighted by molar-refractivity contribution is 7.99. The van der Waals surface area contributed by atoms with Crippen molar-refractivity contribution in [2.45, 2.75) is 17.1 Å². The Hall–Kier alpha value is -1.88. The zero-order chi connectivity index (χ0) is 11.7. The van der Waals surface area contributed by atoms with Crippen LogP contribution in [0, 0.1) is 6.92 Å². The van der Waals surface area contributed by atoms with Crippen LogP contribution >= 0.6 is 11.8 Å². The molecule has 1 aromatic carbocycles. The molecule has 17 heavy (non-hydrogen) atoms. The van der Waals surface area contributed by atoms with E-state index in [2.05, 4.69) is 39.2 Å². The third-order valence-electron chi connectivity index (χ3n) is 2.45. The van der Waals surface area contributed by atoms with Gasteiger partial charge < -0.3 is 0 Å².